The van der Waals surface area contributed by atoms with Gasteiger partial charge in [0.2, 0.25) is 11.8 Å². The van der Waals surface area contributed by atoms with Crippen molar-refractivity contribution >= 4 is 53.8 Å². The Labute approximate surface area is 303 Å². The van der Waals surface area contributed by atoms with Crippen molar-refractivity contribution in [3.05, 3.63) is 46.5 Å². The van der Waals surface area contributed by atoms with E-state index in [1.165, 1.54) is 38.0 Å². The van der Waals surface area contributed by atoms with Crippen molar-refractivity contribution in [3.63, 3.8) is 0 Å². The number of allylic oxidation sites excluding steroid dienone is 3. The van der Waals surface area contributed by atoms with Gasteiger partial charge in [-0.3, -0.25) is 14.9 Å². The second kappa shape index (κ2) is 15.9. The molecule has 50 heavy (non-hydrogen) atoms. The Hall–Kier alpha value is -3.30. The van der Waals surface area contributed by atoms with Crippen LogP contribution in [-0.2, 0) is 39.8 Å². The summed E-state index contributed by atoms with van der Waals surface area (Å²) in [6.45, 7) is 6.96. The maximum atomic E-state index is 14.0. The monoisotopic (exact) mass is 737 g/mol. The van der Waals surface area contributed by atoms with Crippen molar-refractivity contribution in [1.29, 1.82) is 0 Å². The minimum absolute atomic E-state index is 0.0489. The smallest absolute Gasteiger partial charge is 0.409 e. The number of methoxy groups -OCH3 is 2. The van der Waals surface area contributed by atoms with Crippen molar-refractivity contribution in [2.75, 3.05) is 39.0 Å². The molecule has 4 rings (SSSR count). The van der Waals surface area contributed by atoms with E-state index in [2.05, 4.69) is 17.9 Å². The number of halogens is 1. The van der Waals surface area contributed by atoms with Gasteiger partial charge in [0.15, 0.2) is 5.72 Å². The number of carbonyl (C=O) groups excluding carboxylic acids is 4. The molecule has 0 radical (unpaired) electrons. The molecule has 0 spiro atoms. The molecule has 13 nitrogen and oxygen atoms in total. The molecular weight excluding hydrogens is 690 g/mol. The lowest BCUT2D eigenvalue weighted by molar-refractivity contribution is -0.161. The van der Waals surface area contributed by atoms with Gasteiger partial charge in [0, 0.05) is 40.0 Å². The largest absolute Gasteiger partial charge is 0.495 e. The number of amides is 3. The lowest BCUT2D eigenvalue weighted by Gasteiger charge is -2.42. The van der Waals surface area contributed by atoms with Crippen LogP contribution in [0.3, 0.4) is 0 Å². The molecule has 0 aromatic heterocycles. The molecule has 3 aliphatic heterocycles. The highest BCUT2D eigenvalue weighted by Crippen LogP contribution is 2.49. The van der Waals surface area contributed by atoms with E-state index < -0.39 is 65.7 Å². The van der Waals surface area contributed by atoms with E-state index in [-0.39, 0.29) is 30.2 Å². The molecule has 0 aliphatic carbocycles. The molecule has 0 saturated carbocycles. The van der Waals surface area contributed by atoms with E-state index in [0.717, 1.165) is 11.1 Å². The number of fused-ring (bicyclic) bond motifs is 5. The number of aliphatic hydroxyl groups is 1. The molecule has 276 valence electrons. The normalized spacial score (nSPS) is 32.3. The number of rotatable bonds is 7. The van der Waals surface area contributed by atoms with Crippen molar-refractivity contribution in [2.24, 2.45) is 5.92 Å². The predicted molar refractivity (Wildman–Crippen MR) is 189 cm³/mol. The Balaban J connectivity index is 1.78. The Kier molecular flexibility index (Phi) is 12.6. The van der Waals surface area contributed by atoms with E-state index in [1.54, 1.807) is 45.2 Å². The maximum Gasteiger partial charge on any atom is 0.409 e. The number of esters is 1. The van der Waals surface area contributed by atoms with E-state index in [4.69, 9.17) is 35.3 Å². The predicted octanol–water partition coefficient (Wildman–Crippen LogP) is 3.83. The lowest BCUT2D eigenvalue weighted by Crippen LogP contribution is -2.63. The first-order valence-electron chi connectivity index (χ1n) is 16.4. The molecule has 2 saturated heterocycles. The number of anilines is 1. The fourth-order valence-electron chi connectivity index (χ4n) is 6.49. The highest BCUT2D eigenvalue weighted by molar-refractivity contribution is 7.80. The summed E-state index contributed by atoms with van der Waals surface area (Å²) in [7, 11) is 5.98. The minimum atomic E-state index is -1.82. The summed E-state index contributed by atoms with van der Waals surface area (Å²) in [5.41, 5.74) is -0.903. The molecule has 8 atom stereocenters. The van der Waals surface area contributed by atoms with Gasteiger partial charge in [0.25, 0.3) is 0 Å². The molecule has 0 unspecified atom stereocenters. The third-order valence-corrected chi connectivity index (χ3v) is 10.5. The summed E-state index contributed by atoms with van der Waals surface area (Å²) in [5.74, 6) is -1.30. The number of ether oxygens (including phenoxy) is 5. The average Bonchev–Trinajstić information content (AvgIpc) is 3.76. The zero-order valence-electron chi connectivity index (χ0n) is 29.7. The van der Waals surface area contributed by atoms with Crippen LogP contribution in [0.2, 0.25) is 5.02 Å². The van der Waals surface area contributed by atoms with Gasteiger partial charge in [-0.2, -0.15) is 12.6 Å². The number of nitrogens with one attached hydrogen (secondary N) is 1. The summed E-state index contributed by atoms with van der Waals surface area (Å²) >= 11 is 10.8. The fourth-order valence-corrected chi connectivity index (χ4v) is 6.99. The van der Waals surface area contributed by atoms with Crippen LogP contribution in [0.1, 0.15) is 52.5 Å². The van der Waals surface area contributed by atoms with Crippen molar-refractivity contribution in [2.45, 2.75) is 95.2 Å². The van der Waals surface area contributed by atoms with Crippen LogP contribution in [0.5, 0.6) is 5.75 Å². The second-order valence-electron chi connectivity index (χ2n) is 13.4. The van der Waals surface area contributed by atoms with Crippen molar-refractivity contribution < 1.29 is 48.0 Å². The Morgan fingerprint density at radius 3 is 2.62 bits per heavy atom. The summed E-state index contributed by atoms with van der Waals surface area (Å²) in [6.07, 6.45) is 1.08. The number of likely N-dealkylation sites (N-methyl/N-ethyl adjacent to an activating group) is 1. The first-order valence-corrected chi connectivity index (χ1v) is 17.5. The Bertz CT molecular complexity index is 1540. The van der Waals surface area contributed by atoms with Crippen molar-refractivity contribution in [1.82, 2.24) is 10.2 Å². The lowest BCUT2D eigenvalue weighted by atomic mass is 9.83. The molecular formula is C35H48ClN3O10S. The van der Waals surface area contributed by atoms with E-state index in [0.29, 0.717) is 23.6 Å². The zero-order valence-corrected chi connectivity index (χ0v) is 31.4. The highest BCUT2D eigenvalue weighted by Gasteiger charge is 2.64. The molecule has 2 fully saturated rings. The first-order chi connectivity index (χ1) is 23.5. The van der Waals surface area contributed by atoms with Crippen molar-refractivity contribution in [3.8, 4) is 5.75 Å². The Morgan fingerprint density at radius 1 is 1.28 bits per heavy atom. The van der Waals surface area contributed by atoms with Gasteiger partial charge in [-0.25, -0.2) is 9.59 Å². The van der Waals surface area contributed by atoms with Crippen LogP contribution in [0.15, 0.2) is 35.9 Å². The molecule has 15 heteroatoms. The third-order valence-electron chi connectivity index (χ3n) is 9.85. The molecule has 1 aromatic rings. The summed E-state index contributed by atoms with van der Waals surface area (Å²) in [5, 5.41) is 14.4. The third kappa shape index (κ3) is 8.42. The zero-order chi connectivity index (χ0) is 37.1. The van der Waals surface area contributed by atoms with Crippen LogP contribution in [0.4, 0.5) is 10.5 Å². The molecule has 3 heterocycles. The number of carbonyl (C=O) groups is 4. The number of nitrogens with zero attached hydrogens (tertiary/aromatic N) is 2. The SMILES string of the molecule is COc1cc2cc(c1Cl)N(C)C(=O)C[C@H](OC(=O)[C@H](C)N(C)C(=O)CCS)[C@]1(C)O[C@@H]1[C@H](C)[C@@H]1C[C@@](O)(NC(=O)O1)[C@H](OC)/C=C/C=C(\C)C2. The van der Waals surface area contributed by atoms with Crippen LogP contribution < -0.4 is 15.0 Å². The first kappa shape index (κ1) is 39.5. The van der Waals surface area contributed by atoms with Gasteiger partial charge in [0.05, 0.1) is 25.3 Å². The number of epoxide rings is 1. The van der Waals surface area contributed by atoms with Gasteiger partial charge >= 0.3 is 12.1 Å². The van der Waals surface area contributed by atoms with Crippen LogP contribution >= 0.6 is 24.2 Å². The van der Waals surface area contributed by atoms with E-state index >= 15 is 0 Å². The molecule has 1 aromatic carbocycles. The summed E-state index contributed by atoms with van der Waals surface area (Å²) in [6, 6.07) is 2.60. The number of hydrogen-bond donors (Lipinski definition) is 3. The number of thiol groups is 1. The summed E-state index contributed by atoms with van der Waals surface area (Å²) in [4.78, 5) is 55.6. The number of hydrogen-bond acceptors (Lipinski definition) is 11. The quantitative estimate of drug-likeness (QED) is 0.214. The Morgan fingerprint density at radius 2 is 1.98 bits per heavy atom. The minimum Gasteiger partial charge on any atom is -0.495 e. The van der Waals surface area contributed by atoms with Gasteiger partial charge in [-0.1, -0.05) is 42.3 Å². The molecule has 3 aliphatic rings. The maximum absolute atomic E-state index is 14.0. The summed E-state index contributed by atoms with van der Waals surface area (Å²) < 4.78 is 29.0. The van der Waals surface area contributed by atoms with Crippen LogP contribution in [0, 0.1) is 5.92 Å². The average molecular weight is 738 g/mol. The van der Waals surface area contributed by atoms with Gasteiger partial charge in [-0.05, 0) is 50.6 Å². The fraction of sp³-hybridized carbons (Fsp3) is 0.600. The van der Waals surface area contributed by atoms with Crippen LogP contribution in [0.25, 0.3) is 0 Å². The number of benzene rings is 1. The number of alkyl carbamates (subject to hydrolysis) is 1. The molecule has 3 amide bonds. The standard InChI is InChI=1S/C35H48ClN3O10S/c1-19-10-9-11-26(46-8)35(44)18-25(47-33(43)37-35)20(2)31-34(4,49-31)27(48-32(42)21(3)38(5)28(40)12-13-50)17-29(41)39(6)23-15-22(14-19)16-24(45-7)30(23)36/h9-11,15-16,20-21,25-27,31,44,50H,12-14,17-18H2,1-8H3,(H,37,43)/b11-9+,19-10+/t20-,21+,25+,26-,27+,31-,34+,35+/m1/s1. The van der Waals surface area contributed by atoms with Gasteiger partial charge < -0.3 is 38.6 Å². The van der Waals surface area contributed by atoms with Gasteiger partial charge in [-0.15, -0.1) is 0 Å². The van der Waals surface area contributed by atoms with E-state index in [1.807, 2.05) is 13.0 Å². The second-order valence-corrected chi connectivity index (χ2v) is 14.2. The molecule has 2 N–H and O–H groups in total. The van der Waals surface area contributed by atoms with Gasteiger partial charge in [0.1, 0.15) is 40.7 Å². The highest BCUT2D eigenvalue weighted by atomic mass is 35.5. The topological polar surface area (TPSA) is 156 Å². The van der Waals surface area contributed by atoms with Crippen LogP contribution in [-0.4, -0.2) is 110 Å². The van der Waals surface area contributed by atoms with E-state index in [9.17, 15) is 24.3 Å². The molecule has 4 bridgehead atoms.